The molecule has 0 spiro atoms. The first-order chi connectivity index (χ1) is 6.77. The Morgan fingerprint density at radius 1 is 1.21 bits per heavy atom. The highest BCUT2D eigenvalue weighted by Crippen LogP contribution is 2.21. The quantitative estimate of drug-likeness (QED) is 0.686. The average Bonchev–Trinajstić information content (AvgIpc) is 2.77. The lowest BCUT2D eigenvalue weighted by Gasteiger charge is -2.21. The largest absolute Gasteiger partial charge is 0.444 e. The molecule has 0 aromatic heterocycles. The minimum absolute atomic E-state index is 0.0388. The van der Waals surface area contributed by atoms with Crippen molar-refractivity contribution in [2.24, 2.45) is 5.73 Å². The van der Waals surface area contributed by atoms with Gasteiger partial charge >= 0.3 is 6.09 Å². The van der Waals surface area contributed by atoms with Crippen LogP contribution in [-0.2, 0) is 4.74 Å². The summed E-state index contributed by atoms with van der Waals surface area (Å²) in [5.74, 6) is 0. The molecule has 1 aliphatic heterocycles. The number of ether oxygens (including phenoxy) is 1. The zero-order chi connectivity index (χ0) is 9.97. The molecule has 0 bridgehead atoms. The Morgan fingerprint density at radius 2 is 1.93 bits per heavy atom. The molecule has 0 aromatic rings. The fourth-order valence-electron chi connectivity index (χ4n) is 2.20. The van der Waals surface area contributed by atoms with E-state index in [-0.39, 0.29) is 18.2 Å². The Hall–Kier alpha value is -0.770. The third kappa shape index (κ3) is 2.00. The third-order valence-electron chi connectivity index (χ3n) is 3.12. The number of rotatable bonds is 1. The van der Waals surface area contributed by atoms with Crippen LogP contribution in [0.3, 0.4) is 0 Å². The number of carbonyl (C=O) groups excluding carboxylic acids is 1. The van der Waals surface area contributed by atoms with E-state index >= 15 is 0 Å². The molecule has 14 heavy (non-hydrogen) atoms. The van der Waals surface area contributed by atoms with Crippen LogP contribution in [0, 0.1) is 0 Å². The molecule has 2 atom stereocenters. The van der Waals surface area contributed by atoms with E-state index in [4.69, 9.17) is 10.5 Å². The van der Waals surface area contributed by atoms with E-state index in [1.165, 1.54) is 0 Å². The maximum absolute atomic E-state index is 11.6. The maximum Gasteiger partial charge on any atom is 0.410 e. The number of carbonyl (C=O) groups is 1. The van der Waals surface area contributed by atoms with Crippen molar-refractivity contribution in [3.05, 3.63) is 0 Å². The Kier molecular flexibility index (Phi) is 2.91. The van der Waals surface area contributed by atoms with E-state index < -0.39 is 0 Å². The fourth-order valence-corrected chi connectivity index (χ4v) is 2.20. The van der Waals surface area contributed by atoms with Gasteiger partial charge in [0, 0.05) is 19.1 Å². The second kappa shape index (κ2) is 4.17. The van der Waals surface area contributed by atoms with Gasteiger partial charge in [0.1, 0.15) is 6.10 Å². The molecule has 2 aliphatic rings. The molecule has 1 heterocycles. The van der Waals surface area contributed by atoms with Gasteiger partial charge in [-0.1, -0.05) is 0 Å². The highest BCUT2D eigenvalue weighted by atomic mass is 16.6. The summed E-state index contributed by atoms with van der Waals surface area (Å²) in [6.07, 6.45) is 5.00. The van der Waals surface area contributed by atoms with Gasteiger partial charge < -0.3 is 15.4 Å². The van der Waals surface area contributed by atoms with Crippen molar-refractivity contribution in [3.63, 3.8) is 0 Å². The molecule has 1 saturated carbocycles. The number of likely N-dealkylation sites (tertiary alicyclic amines) is 1. The van der Waals surface area contributed by atoms with E-state index in [0.29, 0.717) is 0 Å². The van der Waals surface area contributed by atoms with Gasteiger partial charge in [-0.2, -0.15) is 0 Å². The zero-order valence-electron chi connectivity index (χ0n) is 8.45. The van der Waals surface area contributed by atoms with Crippen molar-refractivity contribution in [1.29, 1.82) is 0 Å². The van der Waals surface area contributed by atoms with Gasteiger partial charge in [-0.25, -0.2) is 4.79 Å². The zero-order valence-corrected chi connectivity index (χ0v) is 8.45. The molecule has 1 aliphatic carbocycles. The fraction of sp³-hybridized carbons (Fsp3) is 0.900. The number of hydrogen-bond acceptors (Lipinski definition) is 3. The summed E-state index contributed by atoms with van der Waals surface area (Å²) in [7, 11) is 0. The molecular weight excluding hydrogens is 180 g/mol. The van der Waals surface area contributed by atoms with Crippen molar-refractivity contribution in [3.8, 4) is 0 Å². The summed E-state index contributed by atoms with van der Waals surface area (Å²) in [6, 6.07) is 0.0570. The highest BCUT2D eigenvalue weighted by Gasteiger charge is 2.29. The molecule has 2 unspecified atom stereocenters. The predicted octanol–water partition coefficient (Wildman–Crippen LogP) is 1.10. The standard InChI is InChI=1S/C10H18N2O2/c11-8-4-3-5-9(8)14-10(13)12-6-1-2-7-12/h8-9H,1-7,11H2. The molecule has 4 nitrogen and oxygen atoms in total. The van der Waals surface area contributed by atoms with Crippen LogP contribution < -0.4 is 5.73 Å². The summed E-state index contributed by atoms with van der Waals surface area (Å²) in [5, 5.41) is 0. The van der Waals surface area contributed by atoms with Crippen LogP contribution in [-0.4, -0.2) is 36.2 Å². The minimum Gasteiger partial charge on any atom is -0.444 e. The monoisotopic (exact) mass is 198 g/mol. The van der Waals surface area contributed by atoms with Crippen molar-refractivity contribution >= 4 is 6.09 Å². The van der Waals surface area contributed by atoms with Gasteiger partial charge in [-0.3, -0.25) is 0 Å². The van der Waals surface area contributed by atoms with Crippen molar-refractivity contribution < 1.29 is 9.53 Å². The maximum atomic E-state index is 11.6. The Bertz CT molecular complexity index is 214. The number of nitrogens with two attached hydrogens (primary N) is 1. The van der Waals surface area contributed by atoms with Crippen molar-refractivity contribution in [2.75, 3.05) is 13.1 Å². The number of hydrogen-bond donors (Lipinski definition) is 1. The first-order valence-corrected chi connectivity index (χ1v) is 5.48. The molecule has 2 fully saturated rings. The lowest BCUT2D eigenvalue weighted by molar-refractivity contribution is 0.0648. The van der Waals surface area contributed by atoms with E-state index in [1.807, 2.05) is 0 Å². The average molecular weight is 198 g/mol. The molecule has 2 N–H and O–H groups in total. The van der Waals surface area contributed by atoms with Gasteiger partial charge in [0.2, 0.25) is 0 Å². The second-order valence-corrected chi connectivity index (χ2v) is 4.21. The number of nitrogens with zero attached hydrogens (tertiary/aromatic N) is 1. The summed E-state index contributed by atoms with van der Waals surface area (Å²) < 4.78 is 5.37. The van der Waals surface area contributed by atoms with Crippen molar-refractivity contribution in [2.45, 2.75) is 44.2 Å². The minimum atomic E-state index is -0.162. The normalized spacial score (nSPS) is 32.2. The molecule has 0 radical (unpaired) electrons. The van der Waals surface area contributed by atoms with Crippen LogP contribution in [0.15, 0.2) is 0 Å². The smallest absolute Gasteiger partial charge is 0.410 e. The van der Waals surface area contributed by atoms with Crippen LogP contribution in [0.25, 0.3) is 0 Å². The van der Waals surface area contributed by atoms with Gasteiger partial charge in [-0.05, 0) is 32.1 Å². The van der Waals surface area contributed by atoms with Gasteiger partial charge in [0.15, 0.2) is 0 Å². The first-order valence-electron chi connectivity index (χ1n) is 5.48. The lowest BCUT2D eigenvalue weighted by Crippen LogP contribution is -2.38. The number of amides is 1. The summed E-state index contributed by atoms with van der Waals surface area (Å²) in [4.78, 5) is 13.4. The lowest BCUT2D eigenvalue weighted by atomic mass is 10.2. The Morgan fingerprint density at radius 3 is 2.50 bits per heavy atom. The van der Waals surface area contributed by atoms with E-state index in [9.17, 15) is 4.79 Å². The third-order valence-corrected chi connectivity index (χ3v) is 3.12. The van der Waals surface area contributed by atoms with E-state index in [1.54, 1.807) is 4.90 Å². The van der Waals surface area contributed by atoms with Crippen LogP contribution in [0.5, 0.6) is 0 Å². The summed E-state index contributed by atoms with van der Waals surface area (Å²) in [5.41, 5.74) is 5.83. The van der Waals surface area contributed by atoms with Gasteiger partial charge in [0.05, 0.1) is 0 Å². The van der Waals surface area contributed by atoms with E-state index in [2.05, 4.69) is 0 Å². The molecule has 2 rings (SSSR count). The van der Waals surface area contributed by atoms with E-state index in [0.717, 1.165) is 45.2 Å². The molecule has 0 aromatic carbocycles. The topological polar surface area (TPSA) is 55.6 Å². The first kappa shape index (κ1) is 9.77. The van der Waals surface area contributed by atoms with Gasteiger partial charge in [0.25, 0.3) is 0 Å². The molecule has 4 heteroatoms. The van der Waals surface area contributed by atoms with Crippen LogP contribution in [0.2, 0.25) is 0 Å². The van der Waals surface area contributed by atoms with Crippen LogP contribution >= 0.6 is 0 Å². The molecule has 80 valence electrons. The summed E-state index contributed by atoms with van der Waals surface area (Å²) in [6.45, 7) is 1.70. The van der Waals surface area contributed by atoms with Crippen LogP contribution in [0.4, 0.5) is 4.79 Å². The molecular formula is C10H18N2O2. The second-order valence-electron chi connectivity index (χ2n) is 4.21. The summed E-state index contributed by atoms with van der Waals surface area (Å²) >= 11 is 0. The highest BCUT2D eigenvalue weighted by molar-refractivity contribution is 5.68. The SMILES string of the molecule is NC1CCCC1OC(=O)N1CCCC1. The van der Waals surface area contributed by atoms with Gasteiger partial charge in [-0.15, -0.1) is 0 Å². The van der Waals surface area contributed by atoms with Crippen molar-refractivity contribution in [1.82, 2.24) is 4.90 Å². The Labute approximate surface area is 84.4 Å². The molecule has 1 amide bonds. The Balaban J connectivity index is 1.81. The van der Waals surface area contributed by atoms with Crippen LogP contribution in [0.1, 0.15) is 32.1 Å². The predicted molar refractivity (Wildman–Crippen MR) is 52.9 cm³/mol. The molecule has 1 saturated heterocycles.